The first-order valence-corrected chi connectivity index (χ1v) is 7.29. The summed E-state index contributed by atoms with van der Waals surface area (Å²) in [5.74, 6) is 0.914. The predicted molar refractivity (Wildman–Crippen MR) is 91.5 cm³/mol. The standard InChI is InChI=1S/C20H22O/c1-4-17-10-12-18(13-11-17)7-6-14-21-20-9-5-8-19(15-20)16(2)3/h4-5,8-13,15H,1-2,6-7,14H2,3H3. The molecule has 0 heterocycles. The van der Waals surface area contributed by atoms with Crippen molar-refractivity contribution in [2.45, 2.75) is 19.8 Å². The van der Waals surface area contributed by atoms with E-state index in [1.807, 2.05) is 31.2 Å². The molecule has 2 aromatic rings. The van der Waals surface area contributed by atoms with E-state index in [4.69, 9.17) is 4.74 Å². The van der Waals surface area contributed by atoms with Crippen molar-refractivity contribution < 1.29 is 4.74 Å². The van der Waals surface area contributed by atoms with Crippen LogP contribution in [0.1, 0.15) is 30.0 Å². The van der Waals surface area contributed by atoms with Crippen LogP contribution < -0.4 is 4.74 Å². The van der Waals surface area contributed by atoms with Crippen molar-refractivity contribution in [1.82, 2.24) is 0 Å². The number of rotatable bonds is 7. The van der Waals surface area contributed by atoms with Gasteiger partial charge < -0.3 is 4.74 Å². The minimum Gasteiger partial charge on any atom is -0.494 e. The largest absolute Gasteiger partial charge is 0.494 e. The maximum Gasteiger partial charge on any atom is 0.119 e. The van der Waals surface area contributed by atoms with Crippen molar-refractivity contribution in [1.29, 1.82) is 0 Å². The van der Waals surface area contributed by atoms with Gasteiger partial charge in [-0.2, -0.15) is 0 Å². The smallest absolute Gasteiger partial charge is 0.119 e. The van der Waals surface area contributed by atoms with Gasteiger partial charge in [0.05, 0.1) is 6.61 Å². The summed E-state index contributed by atoms with van der Waals surface area (Å²) in [7, 11) is 0. The maximum absolute atomic E-state index is 5.81. The summed E-state index contributed by atoms with van der Waals surface area (Å²) >= 11 is 0. The monoisotopic (exact) mass is 278 g/mol. The normalized spacial score (nSPS) is 10.1. The third kappa shape index (κ3) is 4.64. The van der Waals surface area contributed by atoms with Gasteiger partial charge in [0.2, 0.25) is 0 Å². The third-order valence-electron chi connectivity index (χ3n) is 3.42. The summed E-state index contributed by atoms with van der Waals surface area (Å²) in [6.07, 6.45) is 3.89. The van der Waals surface area contributed by atoms with Crippen LogP contribution >= 0.6 is 0 Å². The molecular formula is C20H22O. The minimum atomic E-state index is 0.725. The zero-order valence-corrected chi connectivity index (χ0v) is 12.6. The molecule has 108 valence electrons. The maximum atomic E-state index is 5.81. The predicted octanol–water partition coefficient (Wildman–Crippen LogP) is 5.37. The summed E-state index contributed by atoms with van der Waals surface area (Å²) in [4.78, 5) is 0. The fourth-order valence-electron chi connectivity index (χ4n) is 2.14. The molecule has 2 aromatic carbocycles. The van der Waals surface area contributed by atoms with Crippen molar-refractivity contribution in [3.05, 3.63) is 78.4 Å². The molecule has 0 aliphatic heterocycles. The summed E-state index contributed by atoms with van der Waals surface area (Å²) in [5, 5.41) is 0. The Bertz CT molecular complexity index is 608. The highest BCUT2D eigenvalue weighted by molar-refractivity contribution is 5.62. The molecule has 0 spiro atoms. The summed E-state index contributed by atoms with van der Waals surface area (Å²) in [5.41, 5.74) is 4.68. The molecule has 0 radical (unpaired) electrons. The lowest BCUT2D eigenvalue weighted by atomic mass is 10.1. The lowest BCUT2D eigenvalue weighted by molar-refractivity contribution is 0.311. The molecule has 0 aliphatic rings. The first-order chi connectivity index (χ1) is 10.2. The van der Waals surface area contributed by atoms with E-state index in [2.05, 4.69) is 43.5 Å². The highest BCUT2D eigenvalue weighted by Crippen LogP contribution is 2.19. The molecule has 0 aliphatic carbocycles. The van der Waals surface area contributed by atoms with E-state index in [-0.39, 0.29) is 0 Å². The van der Waals surface area contributed by atoms with Crippen LogP contribution in [0.4, 0.5) is 0 Å². The van der Waals surface area contributed by atoms with Crippen molar-refractivity contribution in [2.75, 3.05) is 6.61 Å². The van der Waals surface area contributed by atoms with Crippen LogP contribution in [0.3, 0.4) is 0 Å². The van der Waals surface area contributed by atoms with Gasteiger partial charge in [0, 0.05) is 0 Å². The average molecular weight is 278 g/mol. The van der Waals surface area contributed by atoms with Crippen LogP contribution in [0.25, 0.3) is 11.6 Å². The Hall–Kier alpha value is -2.28. The zero-order valence-electron chi connectivity index (χ0n) is 12.6. The number of hydrogen-bond donors (Lipinski definition) is 0. The van der Waals surface area contributed by atoms with Gasteiger partial charge in [-0.25, -0.2) is 0 Å². The molecule has 0 N–H and O–H groups in total. The van der Waals surface area contributed by atoms with Crippen LogP contribution in [0.15, 0.2) is 61.7 Å². The van der Waals surface area contributed by atoms with E-state index in [9.17, 15) is 0 Å². The second kappa shape index (κ2) is 7.49. The SMILES string of the molecule is C=Cc1ccc(CCCOc2cccc(C(=C)C)c2)cc1. The molecule has 21 heavy (non-hydrogen) atoms. The summed E-state index contributed by atoms with van der Waals surface area (Å²) < 4.78 is 5.81. The second-order valence-electron chi connectivity index (χ2n) is 5.21. The Morgan fingerprint density at radius 1 is 1.14 bits per heavy atom. The Labute approximate surface area is 127 Å². The zero-order chi connectivity index (χ0) is 15.1. The van der Waals surface area contributed by atoms with E-state index >= 15 is 0 Å². The molecule has 1 heteroatoms. The molecule has 1 nitrogen and oxygen atoms in total. The van der Waals surface area contributed by atoms with Crippen molar-refractivity contribution in [3.8, 4) is 5.75 Å². The van der Waals surface area contributed by atoms with Gasteiger partial charge >= 0.3 is 0 Å². The third-order valence-corrected chi connectivity index (χ3v) is 3.42. The van der Waals surface area contributed by atoms with Gasteiger partial charge in [-0.15, -0.1) is 0 Å². The van der Waals surface area contributed by atoms with Gasteiger partial charge in [-0.05, 0) is 48.6 Å². The van der Waals surface area contributed by atoms with Crippen LogP contribution in [-0.2, 0) is 6.42 Å². The number of benzene rings is 2. The van der Waals surface area contributed by atoms with Crippen molar-refractivity contribution >= 4 is 11.6 Å². The van der Waals surface area contributed by atoms with E-state index in [1.54, 1.807) is 0 Å². The Balaban J connectivity index is 1.80. The number of aryl methyl sites for hydroxylation is 1. The number of hydrogen-bond acceptors (Lipinski definition) is 1. The lowest BCUT2D eigenvalue weighted by Gasteiger charge is -2.08. The molecule has 0 aromatic heterocycles. The van der Waals surface area contributed by atoms with Crippen molar-refractivity contribution in [3.63, 3.8) is 0 Å². The fourth-order valence-corrected chi connectivity index (χ4v) is 2.14. The lowest BCUT2D eigenvalue weighted by Crippen LogP contribution is -1.99. The van der Waals surface area contributed by atoms with Crippen LogP contribution in [0.5, 0.6) is 5.75 Å². The topological polar surface area (TPSA) is 9.23 Å². The minimum absolute atomic E-state index is 0.725. The Kier molecular flexibility index (Phi) is 5.39. The average Bonchev–Trinajstić information content (AvgIpc) is 2.52. The Morgan fingerprint density at radius 2 is 1.90 bits per heavy atom. The van der Waals surface area contributed by atoms with Gasteiger partial charge in [0.1, 0.15) is 5.75 Å². The summed E-state index contributed by atoms with van der Waals surface area (Å²) in [6, 6.07) is 16.6. The molecular weight excluding hydrogens is 256 g/mol. The fraction of sp³-hybridized carbons (Fsp3) is 0.200. The van der Waals surface area contributed by atoms with Gasteiger partial charge in [0.25, 0.3) is 0 Å². The van der Waals surface area contributed by atoms with Crippen molar-refractivity contribution in [2.24, 2.45) is 0 Å². The molecule has 0 amide bonds. The molecule has 0 saturated carbocycles. The molecule has 0 unspecified atom stereocenters. The number of allylic oxidation sites excluding steroid dienone is 1. The quantitative estimate of drug-likeness (QED) is 0.618. The first-order valence-electron chi connectivity index (χ1n) is 7.29. The van der Waals surface area contributed by atoms with Crippen LogP contribution in [-0.4, -0.2) is 6.61 Å². The van der Waals surface area contributed by atoms with Gasteiger partial charge in [-0.1, -0.05) is 61.2 Å². The van der Waals surface area contributed by atoms with Crippen LogP contribution in [0, 0.1) is 0 Å². The van der Waals surface area contributed by atoms with Gasteiger partial charge in [-0.3, -0.25) is 0 Å². The first kappa shape index (κ1) is 15.1. The molecule has 2 rings (SSSR count). The van der Waals surface area contributed by atoms with E-state index < -0.39 is 0 Å². The van der Waals surface area contributed by atoms with E-state index in [0.29, 0.717) is 0 Å². The van der Waals surface area contributed by atoms with E-state index in [0.717, 1.165) is 41.9 Å². The highest BCUT2D eigenvalue weighted by Gasteiger charge is 1.98. The second-order valence-corrected chi connectivity index (χ2v) is 5.21. The van der Waals surface area contributed by atoms with E-state index in [1.165, 1.54) is 5.56 Å². The Morgan fingerprint density at radius 3 is 2.57 bits per heavy atom. The molecule has 0 saturated heterocycles. The molecule has 0 atom stereocenters. The molecule has 0 bridgehead atoms. The highest BCUT2D eigenvalue weighted by atomic mass is 16.5. The van der Waals surface area contributed by atoms with Gasteiger partial charge in [0.15, 0.2) is 0 Å². The number of ether oxygens (including phenoxy) is 1. The van der Waals surface area contributed by atoms with Crippen LogP contribution in [0.2, 0.25) is 0 Å². The summed E-state index contributed by atoms with van der Waals surface area (Å²) in [6.45, 7) is 10.4. The molecule has 0 fully saturated rings.